The fraction of sp³-hybridized carbons (Fsp3) is 0.417. The maximum absolute atomic E-state index is 13.2. The zero-order valence-electron chi connectivity index (χ0n) is 18.7. The number of aryl methyl sites for hydroxylation is 1. The molecule has 1 aromatic heterocycles. The quantitative estimate of drug-likeness (QED) is 0.492. The number of hydrogen-bond acceptors (Lipinski definition) is 6. The van der Waals surface area contributed by atoms with Gasteiger partial charge in [0, 0.05) is 40.7 Å². The Morgan fingerprint density at radius 1 is 1.15 bits per heavy atom. The number of piperidine rings is 1. The Kier molecular flexibility index (Phi) is 6.97. The van der Waals surface area contributed by atoms with Crippen LogP contribution in [0.1, 0.15) is 63.5 Å². The number of esters is 1. The zero-order chi connectivity index (χ0) is 23.5. The van der Waals surface area contributed by atoms with Crippen molar-refractivity contribution >= 4 is 39.4 Å². The molecular formula is C24H26BrN3O5. The fourth-order valence-corrected chi connectivity index (χ4v) is 4.66. The highest BCUT2D eigenvalue weighted by atomic mass is 79.9. The Hall–Kier alpha value is -2.94. The van der Waals surface area contributed by atoms with E-state index in [2.05, 4.69) is 26.5 Å². The molecule has 0 unspecified atom stereocenters. The van der Waals surface area contributed by atoms with Crippen molar-refractivity contribution < 1.29 is 23.5 Å². The molecule has 1 aromatic carbocycles. The minimum Gasteiger partial charge on any atom is -0.469 e. The van der Waals surface area contributed by atoms with Crippen molar-refractivity contribution in [1.29, 1.82) is 0 Å². The molecule has 0 spiro atoms. The van der Waals surface area contributed by atoms with Crippen LogP contribution in [0.2, 0.25) is 0 Å². The third-order valence-corrected chi connectivity index (χ3v) is 6.76. The molecule has 8 nitrogen and oxygen atoms in total. The second-order valence-corrected chi connectivity index (χ2v) is 9.22. The van der Waals surface area contributed by atoms with Crippen molar-refractivity contribution in [3.05, 3.63) is 56.9 Å². The summed E-state index contributed by atoms with van der Waals surface area (Å²) in [5, 5.41) is 4.38. The molecule has 2 aromatic rings. The first kappa shape index (κ1) is 23.2. The molecule has 0 radical (unpaired) electrons. The standard InChI is InChI=1S/C24H26BrN3O5/c1-14-20-18(26-27-22(29)15-6-8-17(25)9-7-15)4-3-5-19(20)33-21(14)23(30)28-12-10-16(11-13-28)24(31)32-2/h6-9,16H,3-5,10-13H2,1-2H3,(H,27,29)/b26-18+. The fourth-order valence-electron chi connectivity index (χ4n) is 4.40. The van der Waals surface area contributed by atoms with Gasteiger partial charge in [0.25, 0.3) is 11.8 Å². The number of amides is 2. The maximum Gasteiger partial charge on any atom is 0.308 e. The van der Waals surface area contributed by atoms with Crippen LogP contribution in [0.5, 0.6) is 0 Å². The minimum absolute atomic E-state index is 0.168. The molecule has 2 amide bonds. The number of hydrogen-bond donors (Lipinski definition) is 1. The van der Waals surface area contributed by atoms with E-state index in [1.54, 1.807) is 29.2 Å². The molecule has 9 heteroatoms. The molecule has 1 aliphatic carbocycles. The number of fused-ring (bicyclic) bond motifs is 1. The van der Waals surface area contributed by atoms with E-state index in [0.717, 1.165) is 27.8 Å². The predicted molar refractivity (Wildman–Crippen MR) is 125 cm³/mol. The van der Waals surface area contributed by atoms with Gasteiger partial charge in [-0.2, -0.15) is 5.10 Å². The third-order valence-electron chi connectivity index (χ3n) is 6.24. The van der Waals surface area contributed by atoms with Crippen LogP contribution in [0.15, 0.2) is 38.3 Å². The number of benzene rings is 1. The summed E-state index contributed by atoms with van der Waals surface area (Å²) in [6, 6.07) is 7.03. The van der Waals surface area contributed by atoms with Crippen molar-refractivity contribution in [3.8, 4) is 0 Å². The molecule has 0 saturated carbocycles. The lowest BCUT2D eigenvalue weighted by atomic mass is 9.93. The lowest BCUT2D eigenvalue weighted by molar-refractivity contribution is -0.146. The molecule has 174 valence electrons. The molecule has 2 heterocycles. The van der Waals surface area contributed by atoms with Gasteiger partial charge in [-0.25, -0.2) is 5.43 Å². The number of nitrogens with zero attached hydrogens (tertiary/aromatic N) is 2. The average molecular weight is 516 g/mol. The molecule has 1 N–H and O–H groups in total. The molecule has 0 bridgehead atoms. The summed E-state index contributed by atoms with van der Waals surface area (Å²) in [7, 11) is 1.39. The molecule has 0 atom stereocenters. The van der Waals surface area contributed by atoms with Crippen molar-refractivity contribution in [2.75, 3.05) is 20.2 Å². The predicted octanol–water partition coefficient (Wildman–Crippen LogP) is 3.85. The lowest BCUT2D eigenvalue weighted by Crippen LogP contribution is -2.40. The van der Waals surface area contributed by atoms with Gasteiger partial charge in [-0.15, -0.1) is 0 Å². The van der Waals surface area contributed by atoms with Crippen molar-refractivity contribution in [2.24, 2.45) is 11.0 Å². The van der Waals surface area contributed by atoms with E-state index in [9.17, 15) is 14.4 Å². The van der Waals surface area contributed by atoms with Crippen LogP contribution in [-0.4, -0.2) is 48.6 Å². The first-order chi connectivity index (χ1) is 15.9. The summed E-state index contributed by atoms with van der Waals surface area (Å²) in [5.74, 6) is 0.167. The van der Waals surface area contributed by atoms with E-state index in [-0.39, 0.29) is 23.7 Å². The number of carbonyl (C=O) groups excluding carboxylic acids is 3. The number of hydrazone groups is 1. The van der Waals surface area contributed by atoms with Gasteiger partial charge in [0.15, 0.2) is 5.76 Å². The van der Waals surface area contributed by atoms with E-state index < -0.39 is 0 Å². The minimum atomic E-state index is -0.298. The molecule has 33 heavy (non-hydrogen) atoms. The van der Waals surface area contributed by atoms with Gasteiger partial charge in [-0.05, 0) is 56.9 Å². The summed E-state index contributed by atoms with van der Waals surface area (Å²) < 4.78 is 11.7. The summed E-state index contributed by atoms with van der Waals surface area (Å²) >= 11 is 3.36. The van der Waals surface area contributed by atoms with Crippen LogP contribution in [0.25, 0.3) is 0 Å². The van der Waals surface area contributed by atoms with E-state index in [4.69, 9.17) is 9.15 Å². The number of methoxy groups -OCH3 is 1. The van der Waals surface area contributed by atoms with Crippen molar-refractivity contribution in [1.82, 2.24) is 10.3 Å². The maximum atomic E-state index is 13.2. The summed E-state index contributed by atoms with van der Waals surface area (Å²) in [6.45, 7) is 2.81. The second-order valence-electron chi connectivity index (χ2n) is 8.30. The normalized spacial score (nSPS) is 17.5. The van der Waals surface area contributed by atoms with Gasteiger partial charge in [-0.3, -0.25) is 14.4 Å². The van der Waals surface area contributed by atoms with Crippen LogP contribution in [0, 0.1) is 12.8 Å². The van der Waals surface area contributed by atoms with Gasteiger partial charge >= 0.3 is 5.97 Å². The highest BCUT2D eigenvalue weighted by Crippen LogP contribution is 2.31. The van der Waals surface area contributed by atoms with Crippen LogP contribution in [0.4, 0.5) is 0 Å². The number of likely N-dealkylation sites (tertiary alicyclic amines) is 1. The Morgan fingerprint density at radius 2 is 1.85 bits per heavy atom. The van der Waals surface area contributed by atoms with Gasteiger partial charge in [0.05, 0.1) is 18.7 Å². The molecule has 2 aliphatic rings. The molecular weight excluding hydrogens is 490 g/mol. The molecule has 1 saturated heterocycles. The topological polar surface area (TPSA) is 101 Å². The monoisotopic (exact) mass is 515 g/mol. The second kappa shape index (κ2) is 9.91. The number of furan rings is 1. The zero-order valence-corrected chi connectivity index (χ0v) is 20.2. The van der Waals surface area contributed by atoms with Crippen molar-refractivity contribution in [2.45, 2.75) is 39.0 Å². The highest BCUT2D eigenvalue weighted by Gasteiger charge is 2.33. The molecule has 4 rings (SSSR count). The highest BCUT2D eigenvalue weighted by molar-refractivity contribution is 9.10. The van der Waals surface area contributed by atoms with Crippen LogP contribution in [0.3, 0.4) is 0 Å². The summed E-state index contributed by atoms with van der Waals surface area (Å²) in [6.07, 6.45) is 3.38. The lowest BCUT2D eigenvalue weighted by Gasteiger charge is -2.30. The van der Waals surface area contributed by atoms with E-state index in [1.165, 1.54) is 7.11 Å². The van der Waals surface area contributed by atoms with Crippen LogP contribution < -0.4 is 5.43 Å². The Balaban J connectivity index is 1.50. The largest absolute Gasteiger partial charge is 0.469 e. The third kappa shape index (κ3) is 4.88. The average Bonchev–Trinajstić information content (AvgIpc) is 3.19. The van der Waals surface area contributed by atoms with Crippen LogP contribution in [-0.2, 0) is 16.0 Å². The number of carbonyl (C=O) groups is 3. The number of ether oxygens (including phenoxy) is 1. The first-order valence-electron chi connectivity index (χ1n) is 11.0. The first-order valence-corrected chi connectivity index (χ1v) is 11.8. The number of halogens is 1. The number of nitrogens with one attached hydrogen (secondary N) is 1. The summed E-state index contributed by atoms with van der Waals surface area (Å²) in [4.78, 5) is 39.1. The molecule has 1 aliphatic heterocycles. The molecule has 1 fully saturated rings. The number of rotatable bonds is 4. The van der Waals surface area contributed by atoms with Gasteiger partial charge in [0.2, 0.25) is 0 Å². The van der Waals surface area contributed by atoms with E-state index >= 15 is 0 Å². The van der Waals surface area contributed by atoms with Crippen molar-refractivity contribution in [3.63, 3.8) is 0 Å². The van der Waals surface area contributed by atoms with Gasteiger partial charge in [-0.1, -0.05) is 15.9 Å². The van der Waals surface area contributed by atoms with E-state index in [1.807, 2.05) is 6.92 Å². The van der Waals surface area contributed by atoms with Gasteiger partial charge < -0.3 is 14.1 Å². The summed E-state index contributed by atoms with van der Waals surface area (Å²) in [5.41, 5.74) is 5.40. The van der Waals surface area contributed by atoms with Gasteiger partial charge in [0.1, 0.15) is 5.76 Å². The van der Waals surface area contributed by atoms with E-state index in [0.29, 0.717) is 55.8 Å². The van der Waals surface area contributed by atoms with Crippen LogP contribution >= 0.6 is 15.9 Å². The Bertz CT molecular complexity index is 1100. The SMILES string of the molecule is COC(=O)C1CCN(C(=O)c2oc3c(c2C)/C(=N/NC(=O)c2ccc(Br)cc2)CCC3)CC1. The Morgan fingerprint density at radius 3 is 2.52 bits per heavy atom. The Labute approximate surface area is 200 Å². The smallest absolute Gasteiger partial charge is 0.308 e.